The van der Waals surface area contributed by atoms with Crippen LogP contribution in [0.2, 0.25) is 5.15 Å². The van der Waals surface area contributed by atoms with Gasteiger partial charge >= 0.3 is 0 Å². The molecule has 0 atom stereocenters. The summed E-state index contributed by atoms with van der Waals surface area (Å²) in [5.41, 5.74) is 1.40. The molecule has 1 N–H and O–H groups in total. The lowest BCUT2D eigenvalue weighted by atomic mass is 10.1. The van der Waals surface area contributed by atoms with Crippen molar-refractivity contribution in [2.75, 3.05) is 26.1 Å². The average molecular weight is 468 g/mol. The smallest absolute Gasteiger partial charge is 0.164 e. The zero-order valence-corrected chi connectivity index (χ0v) is 19.8. The van der Waals surface area contributed by atoms with Gasteiger partial charge in [-0.25, -0.2) is 14.6 Å². The van der Waals surface area contributed by atoms with Gasteiger partial charge in [0, 0.05) is 19.4 Å². The first-order valence-electron chi connectivity index (χ1n) is 10.4. The number of aromatic nitrogens is 4. The molecule has 4 rings (SSSR count). The summed E-state index contributed by atoms with van der Waals surface area (Å²) >= 11 is 5.92. The first-order chi connectivity index (χ1) is 15.9. The third kappa shape index (κ3) is 5.35. The number of methoxy groups -OCH3 is 2. The second-order valence-corrected chi connectivity index (χ2v) is 8.61. The van der Waals surface area contributed by atoms with E-state index in [4.69, 9.17) is 30.9 Å². The summed E-state index contributed by atoms with van der Waals surface area (Å²) in [7, 11) is 3.32. The third-order valence-corrected chi connectivity index (χ3v) is 5.20. The van der Waals surface area contributed by atoms with E-state index in [2.05, 4.69) is 15.3 Å². The maximum atomic E-state index is 6.15. The number of anilines is 1. The second-order valence-electron chi connectivity index (χ2n) is 8.22. The van der Waals surface area contributed by atoms with Crippen LogP contribution in [-0.4, -0.2) is 46.1 Å². The molecule has 0 bridgehead atoms. The Morgan fingerprint density at radius 3 is 2.42 bits per heavy atom. The van der Waals surface area contributed by atoms with E-state index in [1.54, 1.807) is 38.7 Å². The fourth-order valence-corrected chi connectivity index (χ4v) is 3.64. The normalized spacial score (nSPS) is 11.5. The van der Waals surface area contributed by atoms with Crippen LogP contribution in [0.5, 0.6) is 17.2 Å². The maximum absolute atomic E-state index is 6.15. The third-order valence-electron chi connectivity index (χ3n) is 4.98. The van der Waals surface area contributed by atoms with Crippen LogP contribution in [0.3, 0.4) is 0 Å². The van der Waals surface area contributed by atoms with Gasteiger partial charge in [0.15, 0.2) is 11.5 Å². The molecule has 0 aliphatic heterocycles. The number of nitrogens with zero attached hydrogens (tertiary/aromatic N) is 4. The standard InChI is InChI=1S/C24H26ClN5O3/c1-24(2,15-31-3)28-22-21-19(33-18-9-10-20(25)27-13-18)11-12-26-23(21)30(29-22)14-16-5-7-17(32-4)8-6-16/h5-13H,14-15H2,1-4H3,(H,28,29). The van der Waals surface area contributed by atoms with Gasteiger partial charge in [0.25, 0.3) is 0 Å². The molecule has 4 aromatic rings. The second kappa shape index (κ2) is 9.64. The maximum Gasteiger partial charge on any atom is 0.164 e. The Morgan fingerprint density at radius 1 is 1.00 bits per heavy atom. The van der Waals surface area contributed by atoms with Gasteiger partial charge in [0.1, 0.15) is 27.8 Å². The molecule has 0 saturated heterocycles. The van der Waals surface area contributed by atoms with Crippen LogP contribution in [0.4, 0.5) is 5.82 Å². The van der Waals surface area contributed by atoms with E-state index in [1.807, 2.05) is 48.9 Å². The van der Waals surface area contributed by atoms with Crippen LogP contribution in [0.15, 0.2) is 54.9 Å². The topological polar surface area (TPSA) is 83.3 Å². The highest BCUT2D eigenvalue weighted by Gasteiger charge is 2.24. The fraction of sp³-hybridized carbons (Fsp3) is 0.292. The highest BCUT2D eigenvalue weighted by molar-refractivity contribution is 6.29. The Balaban J connectivity index is 1.77. The summed E-state index contributed by atoms with van der Waals surface area (Å²) in [6.07, 6.45) is 3.29. The zero-order chi connectivity index (χ0) is 23.4. The molecule has 0 aliphatic carbocycles. The molecule has 0 amide bonds. The molecule has 0 saturated carbocycles. The fourth-order valence-electron chi connectivity index (χ4n) is 3.52. The molecule has 1 aromatic carbocycles. The van der Waals surface area contributed by atoms with E-state index in [0.29, 0.717) is 41.3 Å². The molecule has 3 heterocycles. The molecule has 0 radical (unpaired) electrons. The molecular weight excluding hydrogens is 442 g/mol. The Labute approximate surface area is 197 Å². The summed E-state index contributed by atoms with van der Waals surface area (Å²) in [6, 6.07) is 13.1. The van der Waals surface area contributed by atoms with Gasteiger partial charge in [0.05, 0.1) is 32.0 Å². The Kier molecular flexibility index (Phi) is 6.67. The van der Waals surface area contributed by atoms with E-state index in [0.717, 1.165) is 16.7 Å². The Morgan fingerprint density at radius 2 is 1.76 bits per heavy atom. The number of rotatable bonds is 9. The molecule has 0 unspecified atom stereocenters. The van der Waals surface area contributed by atoms with Gasteiger partial charge in [-0.2, -0.15) is 5.10 Å². The summed E-state index contributed by atoms with van der Waals surface area (Å²) < 4.78 is 18.7. The molecule has 0 fully saturated rings. The lowest BCUT2D eigenvalue weighted by Gasteiger charge is -2.25. The van der Waals surface area contributed by atoms with Crippen LogP contribution < -0.4 is 14.8 Å². The molecular formula is C24H26ClN5O3. The Bertz CT molecular complexity index is 1220. The minimum atomic E-state index is -0.365. The van der Waals surface area contributed by atoms with Crippen molar-refractivity contribution >= 4 is 28.5 Å². The van der Waals surface area contributed by atoms with Crippen molar-refractivity contribution in [3.8, 4) is 17.2 Å². The summed E-state index contributed by atoms with van der Waals surface area (Å²) in [6.45, 7) is 5.12. The highest BCUT2D eigenvalue weighted by atomic mass is 35.5. The van der Waals surface area contributed by atoms with Crippen molar-refractivity contribution in [3.63, 3.8) is 0 Å². The van der Waals surface area contributed by atoms with Gasteiger partial charge in [0.2, 0.25) is 0 Å². The number of fused-ring (bicyclic) bond motifs is 1. The summed E-state index contributed by atoms with van der Waals surface area (Å²) in [4.78, 5) is 8.71. The van der Waals surface area contributed by atoms with Crippen LogP contribution >= 0.6 is 11.6 Å². The van der Waals surface area contributed by atoms with Crippen molar-refractivity contribution in [1.82, 2.24) is 19.7 Å². The molecule has 33 heavy (non-hydrogen) atoms. The predicted molar refractivity (Wildman–Crippen MR) is 129 cm³/mol. The molecule has 3 aromatic heterocycles. The van der Waals surface area contributed by atoms with Crippen molar-refractivity contribution in [3.05, 3.63) is 65.6 Å². The van der Waals surface area contributed by atoms with E-state index >= 15 is 0 Å². The Hall–Kier alpha value is -3.36. The number of halogens is 1. The van der Waals surface area contributed by atoms with Gasteiger partial charge in [-0.15, -0.1) is 0 Å². The van der Waals surface area contributed by atoms with Gasteiger partial charge < -0.3 is 19.5 Å². The predicted octanol–water partition coefficient (Wildman–Crippen LogP) is 5.17. The van der Waals surface area contributed by atoms with Crippen LogP contribution in [0.1, 0.15) is 19.4 Å². The SMILES string of the molecule is COCC(C)(C)Nc1nn(Cc2ccc(OC)cc2)c2nccc(Oc3ccc(Cl)nc3)c12. The number of hydrogen-bond acceptors (Lipinski definition) is 7. The zero-order valence-electron chi connectivity index (χ0n) is 19.0. The first-order valence-corrected chi connectivity index (χ1v) is 10.8. The van der Waals surface area contributed by atoms with Crippen molar-refractivity contribution in [2.45, 2.75) is 25.9 Å². The van der Waals surface area contributed by atoms with Crippen LogP contribution in [0.25, 0.3) is 11.0 Å². The summed E-state index contributed by atoms with van der Waals surface area (Å²) in [5.74, 6) is 2.64. The van der Waals surface area contributed by atoms with Crippen molar-refractivity contribution in [1.29, 1.82) is 0 Å². The molecule has 0 aliphatic rings. The average Bonchev–Trinajstić information content (AvgIpc) is 3.13. The number of nitrogens with one attached hydrogen (secondary N) is 1. The van der Waals surface area contributed by atoms with Gasteiger partial charge in [-0.3, -0.25) is 0 Å². The molecule has 172 valence electrons. The van der Waals surface area contributed by atoms with Gasteiger partial charge in [-0.1, -0.05) is 23.7 Å². The number of pyridine rings is 2. The van der Waals surface area contributed by atoms with E-state index in [1.165, 1.54) is 0 Å². The minimum absolute atomic E-state index is 0.365. The van der Waals surface area contributed by atoms with E-state index < -0.39 is 0 Å². The van der Waals surface area contributed by atoms with Gasteiger partial charge in [-0.05, 0) is 43.7 Å². The number of hydrogen-bond donors (Lipinski definition) is 1. The lowest BCUT2D eigenvalue weighted by molar-refractivity contribution is 0.158. The molecule has 8 nitrogen and oxygen atoms in total. The number of benzene rings is 1. The first kappa shape index (κ1) is 22.8. The largest absolute Gasteiger partial charge is 0.497 e. The summed E-state index contributed by atoms with van der Waals surface area (Å²) in [5, 5.41) is 9.51. The van der Waals surface area contributed by atoms with Crippen LogP contribution in [0, 0.1) is 0 Å². The highest BCUT2D eigenvalue weighted by Crippen LogP contribution is 2.35. The van der Waals surface area contributed by atoms with E-state index in [-0.39, 0.29) is 5.54 Å². The lowest BCUT2D eigenvalue weighted by Crippen LogP contribution is -2.36. The quantitative estimate of drug-likeness (QED) is 0.340. The van der Waals surface area contributed by atoms with Crippen molar-refractivity contribution < 1.29 is 14.2 Å². The van der Waals surface area contributed by atoms with Crippen molar-refractivity contribution in [2.24, 2.45) is 0 Å². The minimum Gasteiger partial charge on any atom is -0.497 e. The molecule has 9 heteroatoms. The number of ether oxygens (including phenoxy) is 3. The molecule has 0 spiro atoms. The van der Waals surface area contributed by atoms with E-state index in [9.17, 15) is 0 Å². The monoisotopic (exact) mass is 467 g/mol. The van der Waals surface area contributed by atoms with Crippen LogP contribution in [-0.2, 0) is 11.3 Å².